The molecule has 16 heavy (non-hydrogen) atoms. The van der Waals surface area contributed by atoms with Crippen LogP contribution in [-0.4, -0.2) is 18.3 Å². The Morgan fingerprint density at radius 1 is 1.25 bits per heavy atom. The summed E-state index contributed by atoms with van der Waals surface area (Å²) in [6, 6.07) is 3.64. The highest BCUT2D eigenvalue weighted by atomic mass is 35.5. The summed E-state index contributed by atoms with van der Waals surface area (Å²) >= 11 is 12.1. The zero-order valence-corrected chi connectivity index (χ0v) is 11.3. The van der Waals surface area contributed by atoms with Gasteiger partial charge in [-0.2, -0.15) is 0 Å². The lowest BCUT2D eigenvalue weighted by Crippen LogP contribution is -2.26. The molecule has 0 aliphatic rings. The van der Waals surface area contributed by atoms with Gasteiger partial charge in [-0.25, -0.2) is 0 Å². The van der Waals surface area contributed by atoms with Gasteiger partial charge in [0.1, 0.15) is 0 Å². The summed E-state index contributed by atoms with van der Waals surface area (Å²) in [5.74, 6) is 0. The number of halogens is 2. The van der Waals surface area contributed by atoms with E-state index in [-0.39, 0.29) is 12.0 Å². The molecule has 0 spiro atoms. The number of anilines is 1. The molecule has 2 N–H and O–H groups in total. The number of hydrogen-bond acceptors (Lipinski definition) is 2. The Labute approximate surface area is 107 Å². The molecule has 0 aliphatic heterocycles. The minimum absolute atomic E-state index is 0.122. The summed E-state index contributed by atoms with van der Waals surface area (Å²) in [5.41, 5.74) is 1.58. The smallest absolute Gasteiger partial charge is 0.0641 e. The van der Waals surface area contributed by atoms with E-state index in [4.69, 9.17) is 28.3 Å². The fourth-order valence-electron chi connectivity index (χ4n) is 1.17. The SMILES string of the molecule is Cc1cc(Cl)c(NCC(C)(C)CO)cc1Cl. The Morgan fingerprint density at radius 3 is 2.44 bits per heavy atom. The Morgan fingerprint density at radius 2 is 1.88 bits per heavy atom. The standard InChI is InChI=1S/C12H17Cl2NO/c1-8-4-10(14)11(5-9(8)13)15-6-12(2,3)7-16/h4-5,15-16H,6-7H2,1-3H3. The first-order chi connectivity index (χ1) is 7.35. The molecule has 1 aromatic carbocycles. The van der Waals surface area contributed by atoms with Crippen LogP contribution in [0.2, 0.25) is 10.0 Å². The van der Waals surface area contributed by atoms with Gasteiger partial charge in [0.2, 0.25) is 0 Å². The lowest BCUT2D eigenvalue weighted by atomic mass is 9.95. The van der Waals surface area contributed by atoms with Gasteiger partial charge in [0, 0.05) is 23.6 Å². The second kappa shape index (κ2) is 5.26. The van der Waals surface area contributed by atoms with Crippen LogP contribution in [0.5, 0.6) is 0 Å². The first-order valence-corrected chi connectivity index (χ1v) is 5.92. The maximum Gasteiger partial charge on any atom is 0.0641 e. The third-order valence-corrected chi connectivity index (χ3v) is 3.15. The van der Waals surface area contributed by atoms with Crippen LogP contribution in [0.1, 0.15) is 19.4 Å². The number of benzene rings is 1. The molecule has 0 amide bonds. The molecule has 1 rings (SSSR count). The highest BCUT2D eigenvalue weighted by Gasteiger charge is 2.16. The van der Waals surface area contributed by atoms with Crippen LogP contribution in [-0.2, 0) is 0 Å². The molecule has 0 saturated carbocycles. The molecule has 0 unspecified atom stereocenters. The van der Waals surface area contributed by atoms with E-state index in [2.05, 4.69) is 5.32 Å². The molecule has 1 aromatic rings. The lowest BCUT2D eigenvalue weighted by molar-refractivity contribution is 0.171. The summed E-state index contributed by atoms with van der Waals surface area (Å²) in [6.07, 6.45) is 0. The van der Waals surface area contributed by atoms with Crippen molar-refractivity contribution < 1.29 is 5.11 Å². The topological polar surface area (TPSA) is 32.3 Å². The quantitative estimate of drug-likeness (QED) is 0.866. The van der Waals surface area contributed by atoms with E-state index in [1.165, 1.54) is 0 Å². The summed E-state index contributed by atoms with van der Waals surface area (Å²) in [4.78, 5) is 0. The second-order valence-electron chi connectivity index (χ2n) is 4.76. The molecular formula is C12H17Cl2NO. The van der Waals surface area contributed by atoms with E-state index in [0.29, 0.717) is 16.6 Å². The predicted molar refractivity (Wildman–Crippen MR) is 70.6 cm³/mol. The van der Waals surface area contributed by atoms with Gasteiger partial charge in [-0.3, -0.25) is 0 Å². The molecule has 0 heterocycles. The van der Waals surface area contributed by atoms with Gasteiger partial charge in [-0.15, -0.1) is 0 Å². The van der Waals surface area contributed by atoms with E-state index in [1.54, 1.807) is 0 Å². The molecule has 0 fully saturated rings. The molecule has 4 heteroatoms. The van der Waals surface area contributed by atoms with Gasteiger partial charge >= 0.3 is 0 Å². The molecule has 0 radical (unpaired) electrons. The maximum atomic E-state index is 9.14. The number of hydrogen-bond donors (Lipinski definition) is 2. The molecule has 90 valence electrons. The van der Waals surface area contributed by atoms with Crippen LogP contribution in [0.3, 0.4) is 0 Å². The van der Waals surface area contributed by atoms with Crippen LogP contribution < -0.4 is 5.32 Å². The molecular weight excluding hydrogens is 245 g/mol. The third-order valence-electron chi connectivity index (χ3n) is 2.43. The average molecular weight is 262 g/mol. The fraction of sp³-hybridized carbons (Fsp3) is 0.500. The first kappa shape index (κ1) is 13.6. The zero-order valence-electron chi connectivity index (χ0n) is 9.77. The monoisotopic (exact) mass is 261 g/mol. The number of rotatable bonds is 4. The van der Waals surface area contributed by atoms with E-state index < -0.39 is 0 Å². The largest absolute Gasteiger partial charge is 0.396 e. The van der Waals surface area contributed by atoms with Crippen LogP contribution in [0.4, 0.5) is 5.69 Å². The van der Waals surface area contributed by atoms with Crippen molar-refractivity contribution in [1.29, 1.82) is 0 Å². The van der Waals surface area contributed by atoms with Crippen molar-refractivity contribution in [3.05, 3.63) is 27.7 Å². The maximum absolute atomic E-state index is 9.14. The molecule has 0 aliphatic carbocycles. The van der Waals surface area contributed by atoms with E-state index in [0.717, 1.165) is 11.3 Å². The highest BCUT2D eigenvalue weighted by Crippen LogP contribution is 2.29. The Bertz CT molecular complexity index is 378. The Kier molecular flexibility index (Phi) is 4.48. The normalized spacial score (nSPS) is 11.6. The predicted octanol–water partition coefficient (Wildman–Crippen LogP) is 3.73. The van der Waals surface area contributed by atoms with Crippen molar-refractivity contribution in [1.82, 2.24) is 0 Å². The number of aliphatic hydroxyl groups excluding tert-OH is 1. The summed E-state index contributed by atoms with van der Waals surface area (Å²) in [5, 5.41) is 13.7. The average Bonchev–Trinajstić information content (AvgIpc) is 2.22. The van der Waals surface area contributed by atoms with Crippen molar-refractivity contribution in [2.45, 2.75) is 20.8 Å². The fourth-order valence-corrected chi connectivity index (χ4v) is 1.62. The van der Waals surface area contributed by atoms with E-state index >= 15 is 0 Å². The molecule has 0 aromatic heterocycles. The first-order valence-electron chi connectivity index (χ1n) is 5.16. The molecule has 0 bridgehead atoms. The number of nitrogens with one attached hydrogen (secondary N) is 1. The van der Waals surface area contributed by atoms with Gasteiger partial charge in [0.15, 0.2) is 0 Å². The van der Waals surface area contributed by atoms with Gasteiger partial charge in [0.25, 0.3) is 0 Å². The van der Waals surface area contributed by atoms with E-state index in [9.17, 15) is 0 Å². The second-order valence-corrected chi connectivity index (χ2v) is 5.57. The third kappa shape index (κ3) is 3.55. The minimum Gasteiger partial charge on any atom is -0.396 e. The minimum atomic E-state index is -0.180. The summed E-state index contributed by atoms with van der Waals surface area (Å²) < 4.78 is 0. The van der Waals surface area contributed by atoms with Crippen LogP contribution in [0.25, 0.3) is 0 Å². The van der Waals surface area contributed by atoms with Crippen molar-refractivity contribution >= 4 is 28.9 Å². The van der Waals surface area contributed by atoms with Gasteiger partial charge in [-0.05, 0) is 24.6 Å². The molecule has 0 saturated heterocycles. The highest BCUT2D eigenvalue weighted by molar-refractivity contribution is 6.35. The van der Waals surface area contributed by atoms with Gasteiger partial charge in [-0.1, -0.05) is 37.0 Å². The number of aryl methyl sites for hydroxylation is 1. The molecule has 2 nitrogen and oxygen atoms in total. The van der Waals surface area contributed by atoms with Crippen molar-refractivity contribution in [3.8, 4) is 0 Å². The van der Waals surface area contributed by atoms with Crippen LogP contribution in [0.15, 0.2) is 12.1 Å². The van der Waals surface area contributed by atoms with Gasteiger partial charge in [0.05, 0.1) is 10.7 Å². The lowest BCUT2D eigenvalue weighted by Gasteiger charge is -2.23. The molecule has 0 atom stereocenters. The summed E-state index contributed by atoms with van der Waals surface area (Å²) in [6.45, 7) is 6.63. The van der Waals surface area contributed by atoms with Crippen LogP contribution >= 0.6 is 23.2 Å². The van der Waals surface area contributed by atoms with Crippen molar-refractivity contribution in [3.63, 3.8) is 0 Å². The zero-order chi connectivity index (χ0) is 12.3. The number of aliphatic hydroxyl groups is 1. The van der Waals surface area contributed by atoms with Crippen LogP contribution in [0, 0.1) is 12.3 Å². The van der Waals surface area contributed by atoms with Crippen molar-refractivity contribution in [2.24, 2.45) is 5.41 Å². The van der Waals surface area contributed by atoms with Crippen molar-refractivity contribution in [2.75, 3.05) is 18.5 Å². The Balaban J connectivity index is 2.79. The summed E-state index contributed by atoms with van der Waals surface area (Å²) in [7, 11) is 0. The van der Waals surface area contributed by atoms with E-state index in [1.807, 2.05) is 32.9 Å². The van der Waals surface area contributed by atoms with Gasteiger partial charge < -0.3 is 10.4 Å². The Hall–Kier alpha value is -0.440.